The van der Waals surface area contributed by atoms with Crippen LogP contribution in [0.2, 0.25) is 0 Å². The quantitative estimate of drug-likeness (QED) is 0.328. The van der Waals surface area contributed by atoms with Gasteiger partial charge in [-0.15, -0.1) is 0 Å². The van der Waals surface area contributed by atoms with Gasteiger partial charge in [-0.2, -0.15) is 4.98 Å². The summed E-state index contributed by atoms with van der Waals surface area (Å²) in [6.07, 6.45) is -1.37. The highest BCUT2D eigenvalue weighted by Gasteiger charge is 2.50. The van der Waals surface area contributed by atoms with Crippen LogP contribution < -0.4 is 4.74 Å². The highest BCUT2D eigenvalue weighted by molar-refractivity contribution is 5.76. The number of aliphatic hydroxyl groups is 1. The van der Waals surface area contributed by atoms with Gasteiger partial charge in [-0.3, -0.25) is 14.2 Å². The molecule has 4 atom stereocenters. The average Bonchev–Trinajstić information content (AvgIpc) is 3.51. The van der Waals surface area contributed by atoms with Crippen molar-refractivity contribution < 1.29 is 33.6 Å². The summed E-state index contributed by atoms with van der Waals surface area (Å²) in [5.74, 6) is -0.837. The fraction of sp³-hybridized carbons (Fsp3) is 0.296. The lowest BCUT2D eigenvalue weighted by molar-refractivity contribution is -0.167. The highest BCUT2D eigenvalue weighted by Crippen LogP contribution is 2.36. The molecule has 1 fully saturated rings. The van der Waals surface area contributed by atoms with Gasteiger partial charge in [0.1, 0.15) is 12.4 Å². The van der Waals surface area contributed by atoms with Crippen LogP contribution in [0.25, 0.3) is 11.2 Å². The summed E-state index contributed by atoms with van der Waals surface area (Å²) in [7, 11) is 1.46. The van der Waals surface area contributed by atoms with Crippen molar-refractivity contribution in [1.29, 1.82) is 0 Å². The third kappa shape index (κ3) is 5.34. The number of ether oxygens (including phenoxy) is 4. The van der Waals surface area contributed by atoms with Crippen LogP contribution >= 0.6 is 0 Å². The fourth-order valence-electron chi connectivity index (χ4n) is 4.42. The Morgan fingerprint density at radius 1 is 0.895 bits per heavy atom. The molecule has 0 aliphatic carbocycles. The molecule has 0 radical (unpaired) electrons. The number of hydrogen-bond acceptors (Lipinski definition) is 10. The predicted molar refractivity (Wildman–Crippen MR) is 133 cm³/mol. The number of hydrogen-bond donors (Lipinski definition) is 1. The molecule has 196 valence electrons. The van der Waals surface area contributed by atoms with Crippen LogP contribution in [0, 0.1) is 0 Å². The van der Waals surface area contributed by atoms with Gasteiger partial charge >= 0.3 is 11.9 Å². The molecule has 0 unspecified atom stereocenters. The summed E-state index contributed by atoms with van der Waals surface area (Å²) in [6, 6.07) is 18.2. The maximum atomic E-state index is 13.0. The molecule has 0 amide bonds. The number of carbonyl (C=O) groups is 2. The predicted octanol–water partition coefficient (Wildman–Crippen LogP) is 2.03. The first kappa shape index (κ1) is 25.3. The molecule has 0 bridgehead atoms. The summed E-state index contributed by atoms with van der Waals surface area (Å²) in [4.78, 5) is 38.6. The number of fused-ring (bicyclic) bond motifs is 1. The van der Waals surface area contributed by atoms with E-state index in [1.54, 1.807) is 16.7 Å². The molecule has 1 aliphatic heterocycles. The lowest BCUT2D eigenvalue weighted by Gasteiger charge is -2.24. The zero-order valence-corrected chi connectivity index (χ0v) is 20.5. The Hall–Kier alpha value is -4.35. The summed E-state index contributed by atoms with van der Waals surface area (Å²) in [5.41, 5.74) is 2.25. The zero-order chi connectivity index (χ0) is 26.5. The van der Waals surface area contributed by atoms with Crippen LogP contribution in [-0.2, 0) is 36.6 Å². The molecule has 2 aromatic carbocycles. The summed E-state index contributed by atoms with van der Waals surface area (Å²) >= 11 is 0. The van der Waals surface area contributed by atoms with Crippen molar-refractivity contribution in [3.63, 3.8) is 0 Å². The number of aliphatic hydroxyl groups excluding tert-OH is 1. The van der Waals surface area contributed by atoms with Crippen molar-refractivity contribution >= 4 is 23.1 Å². The van der Waals surface area contributed by atoms with E-state index in [1.165, 1.54) is 19.8 Å². The second kappa shape index (κ2) is 11.4. The third-order valence-electron chi connectivity index (χ3n) is 6.18. The van der Waals surface area contributed by atoms with Crippen molar-refractivity contribution in [2.45, 2.75) is 37.4 Å². The highest BCUT2D eigenvalue weighted by atomic mass is 16.6. The lowest BCUT2D eigenvalue weighted by atomic mass is 10.1. The minimum atomic E-state index is -1.10. The van der Waals surface area contributed by atoms with Gasteiger partial charge in [0.2, 0.25) is 5.88 Å². The van der Waals surface area contributed by atoms with E-state index >= 15 is 0 Å². The fourth-order valence-corrected chi connectivity index (χ4v) is 4.42. The van der Waals surface area contributed by atoms with Gasteiger partial charge in [-0.05, 0) is 11.1 Å². The molecule has 5 rings (SSSR count). The first-order chi connectivity index (χ1) is 18.6. The molecule has 38 heavy (non-hydrogen) atoms. The smallest absolute Gasteiger partial charge is 0.310 e. The largest absolute Gasteiger partial charge is 0.479 e. The number of aromatic nitrogens is 4. The van der Waals surface area contributed by atoms with Crippen molar-refractivity contribution in [3.05, 3.63) is 84.4 Å². The van der Waals surface area contributed by atoms with Crippen molar-refractivity contribution in [2.24, 2.45) is 0 Å². The van der Waals surface area contributed by atoms with Gasteiger partial charge in [0.15, 0.2) is 29.6 Å². The van der Waals surface area contributed by atoms with Crippen LogP contribution in [0.5, 0.6) is 5.88 Å². The first-order valence-electron chi connectivity index (χ1n) is 12.0. The van der Waals surface area contributed by atoms with E-state index in [1.807, 2.05) is 48.5 Å². The molecular weight excluding hydrogens is 492 g/mol. The van der Waals surface area contributed by atoms with E-state index in [-0.39, 0.29) is 18.7 Å². The third-order valence-corrected chi connectivity index (χ3v) is 6.18. The van der Waals surface area contributed by atoms with Gasteiger partial charge in [-0.1, -0.05) is 60.7 Å². The number of rotatable bonds is 9. The molecular formula is C27H26N4O7. The van der Waals surface area contributed by atoms with Crippen molar-refractivity contribution in [2.75, 3.05) is 13.7 Å². The number of nitrogens with zero attached hydrogens (tertiary/aromatic N) is 4. The number of carbonyl (C=O) groups excluding carboxylic acids is 2. The Bertz CT molecular complexity index is 1400. The topological polar surface area (TPSA) is 135 Å². The van der Waals surface area contributed by atoms with E-state index in [2.05, 4.69) is 15.0 Å². The van der Waals surface area contributed by atoms with E-state index in [0.717, 1.165) is 11.1 Å². The van der Waals surface area contributed by atoms with Crippen LogP contribution in [0.15, 0.2) is 73.3 Å². The summed E-state index contributed by atoms with van der Waals surface area (Å²) < 4.78 is 24.6. The van der Waals surface area contributed by atoms with Crippen LogP contribution in [0.1, 0.15) is 17.4 Å². The van der Waals surface area contributed by atoms with Crippen molar-refractivity contribution in [3.8, 4) is 5.88 Å². The van der Waals surface area contributed by atoms with Crippen molar-refractivity contribution in [1.82, 2.24) is 19.5 Å². The van der Waals surface area contributed by atoms with E-state index in [4.69, 9.17) is 18.9 Å². The number of benzene rings is 2. The molecule has 11 nitrogen and oxygen atoms in total. The van der Waals surface area contributed by atoms with Gasteiger partial charge in [0.25, 0.3) is 0 Å². The monoisotopic (exact) mass is 518 g/mol. The summed E-state index contributed by atoms with van der Waals surface area (Å²) in [5, 5.41) is 10.1. The SMILES string of the molecule is COc1ncnc2c1ncn2[C@H]1O[C@H](CO)[C@@H](OC(=O)Cc2ccccc2)[C@@H]1OC(=O)Cc1ccccc1. The minimum absolute atomic E-state index is 0.000791. The molecule has 1 aliphatic rings. The molecule has 1 N–H and O–H groups in total. The van der Waals surface area contributed by atoms with E-state index in [9.17, 15) is 14.7 Å². The van der Waals surface area contributed by atoms with Crippen LogP contribution in [0.4, 0.5) is 0 Å². The average molecular weight is 519 g/mol. The van der Waals surface area contributed by atoms with E-state index < -0.39 is 43.1 Å². The molecule has 0 saturated carbocycles. The van der Waals surface area contributed by atoms with Gasteiger partial charge in [0.05, 0.1) is 32.9 Å². The number of esters is 2. The Morgan fingerprint density at radius 3 is 2.08 bits per heavy atom. The standard InChI is InChI=1S/C27H26N4O7/c1-35-26-22-25(28-15-29-26)31(16-30-22)27-24(38-21(34)13-18-10-6-3-7-11-18)23(19(14-32)36-27)37-20(33)12-17-8-4-2-5-9-17/h2-11,15-16,19,23-24,27,32H,12-14H2,1H3/t19-,23-,24+,27+/m1/s1. The minimum Gasteiger partial charge on any atom is -0.479 e. The normalized spacial score (nSPS) is 20.8. The van der Waals surface area contributed by atoms with Crippen LogP contribution in [-0.4, -0.2) is 68.6 Å². The first-order valence-corrected chi connectivity index (χ1v) is 12.0. The molecule has 3 heterocycles. The second-order valence-corrected chi connectivity index (χ2v) is 8.69. The second-order valence-electron chi connectivity index (χ2n) is 8.69. The zero-order valence-electron chi connectivity index (χ0n) is 20.5. The molecule has 0 spiro atoms. The lowest BCUT2D eigenvalue weighted by Crippen LogP contribution is -2.41. The number of methoxy groups -OCH3 is 1. The van der Waals surface area contributed by atoms with Crippen LogP contribution in [0.3, 0.4) is 0 Å². The number of imidazole rings is 1. The Morgan fingerprint density at radius 2 is 1.50 bits per heavy atom. The Balaban J connectivity index is 1.45. The molecule has 1 saturated heterocycles. The summed E-state index contributed by atoms with van der Waals surface area (Å²) in [6.45, 7) is -0.475. The van der Waals surface area contributed by atoms with E-state index in [0.29, 0.717) is 11.2 Å². The molecule has 2 aromatic heterocycles. The van der Waals surface area contributed by atoms with Gasteiger partial charge in [0, 0.05) is 0 Å². The Kier molecular flexibility index (Phi) is 7.57. The van der Waals surface area contributed by atoms with Gasteiger partial charge < -0.3 is 24.1 Å². The molecule has 11 heteroatoms. The molecule has 4 aromatic rings. The van der Waals surface area contributed by atoms with Gasteiger partial charge in [-0.25, -0.2) is 9.97 Å². The maximum absolute atomic E-state index is 13.0. The Labute approximate surface area is 218 Å². The maximum Gasteiger partial charge on any atom is 0.310 e.